The van der Waals surface area contributed by atoms with Gasteiger partial charge in [0, 0.05) is 36.5 Å². The van der Waals surface area contributed by atoms with Gasteiger partial charge in [-0.3, -0.25) is 4.40 Å². The van der Waals surface area contributed by atoms with Gasteiger partial charge in [0.15, 0.2) is 4.96 Å². The molecule has 0 radical (unpaired) electrons. The molecule has 2 aromatic rings. The molecule has 0 unspecified atom stereocenters. The van der Waals surface area contributed by atoms with Crippen molar-refractivity contribution in [2.75, 3.05) is 25.4 Å². The third kappa shape index (κ3) is 3.80. The molecule has 1 N–H and O–H groups in total. The minimum atomic E-state index is 0.739. The van der Waals surface area contributed by atoms with Crippen LogP contribution in [0.15, 0.2) is 16.6 Å². The van der Waals surface area contributed by atoms with Crippen molar-refractivity contribution in [1.29, 1.82) is 0 Å². The van der Waals surface area contributed by atoms with E-state index in [9.17, 15) is 0 Å². The second kappa shape index (κ2) is 7.13. The van der Waals surface area contributed by atoms with E-state index in [1.54, 1.807) is 11.3 Å². The van der Waals surface area contributed by atoms with E-state index in [0.29, 0.717) is 0 Å². The summed E-state index contributed by atoms with van der Waals surface area (Å²) in [5.41, 5.74) is 1.34. The van der Waals surface area contributed by atoms with Crippen LogP contribution in [0.2, 0.25) is 0 Å². The lowest BCUT2D eigenvalue weighted by Gasteiger charge is -2.17. The van der Waals surface area contributed by atoms with E-state index in [4.69, 9.17) is 4.98 Å². The Bertz CT molecular complexity index is 569. The lowest BCUT2D eigenvalue weighted by atomic mass is 10.4. The average molecular weight is 325 g/mol. The Balaban J connectivity index is 1.64. The van der Waals surface area contributed by atoms with Gasteiger partial charge in [0.1, 0.15) is 5.03 Å². The molecular formula is C15H24N4S2. The molecule has 0 aliphatic heterocycles. The predicted molar refractivity (Wildman–Crippen MR) is 91.4 cm³/mol. The number of imidazole rings is 1. The van der Waals surface area contributed by atoms with Crippen LogP contribution in [0.5, 0.6) is 0 Å². The van der Waals surface area contributed by atoms with Crippen molar-refractivity contribution in [2.45, 2.75) is 44.3 Å². The van der Waals surface area contributed by atoms with Gasteiger partial charge in [0.05, 0.1) is 5.69 Å². The summed E-state index contributed by atoms with van der Waals surface area (Å²) in [6.07, 6.45) is 4.80. The highest BCUT2D eigenvalue weighted by atomic mass is 32.2. The number of hydrogen-bond acceptors (Lipinski definition) is 5. The fourth-order valence-corrected chi connectivity index (χ4v) is 4.25. The summed E-state index contributed by atoms with van der Waals surface area (Å²) >= 11 is 3.62. The Morgan fingerprint density at radius 1 is 1.43 bits per heavy atom. The van der Waals surface area contributed by atoms with Crippen LogP contribution in [0.3, 0.4) is 0 Å². The Morgan fingerprint density at radius 3 is 2.95 bits per heavy atom. The smallest absolute Gasteiger partial charge is 0.194 e. The molecule has 21 heavy (non-hydrogen) atoms. The Hall–Kier alpha value is -0.560. The van der Waals surface area contributed by atoms with Crippen molar-refractivity contribution in [3.63, 3.8) is 0 Å². The topological polar surface area (TPSA) is 32.6 Å². The zero-order valence-electron chi connectivity index (χ0n) is 12.8. The van der Waals surface area contributed by atoms with Crippen molar-refractivity contribution >= 4 is 28.1 Å². The van der Waals surface area contributed by atoms with Gasteiger partial charge in [-0.25, -0.2) is 4.98 Å². The SMILES string of the molecule is CCN(CC)CCSc1nc2sccn2c1CNC1CC1. The van der Waals surface area contributed by atoms with Gasteiger partial charge in [-0.15, -0.1) is 23.1 Å². The molecule has 0 saturated heterocycles. The van der Waals surface area contributed by atoms with Gasteiger partial charge < -0.3 is 10.2 Å². The molecule has 0 aromatic carbocycles. The number of aromatic nitrogens is 2. The lowest BCUT2D eigenvalue weighted by Crippen LogP contribution is -2.25. The molecular weight excluding hydrogens is 300 g/mol. The zero-order chi connectivity index (χ0) is 14.7. The minimum absolute atomic E-state index is 0.739. The van der Waals surface area contributed by atoms with E-state index in [-0.39, 0.29) is 0 Å². The Kier molecular flexibility index (Phi) is 5.21. The Labute approximate surface area is 134 Å². The van der Waals surface area contributed by atoms with Crippen LogP contribution >= 0.6 is 23.1 Å². The van der Waals surface area contributed by atoms with Gasteiger partial charge in [0.2, 0.25) is 0 Å². The highest BCUT2D eigenvalue weighted by Crippen LogP contribution is 2.27. The summed E-state index contributed by atoms with van der Waals surface area (Å²) in [5.74, 6) is 1.11. The summed E-state index contributed by atoms with van der Waals surface area (Å²) < 4.78 is 2.25. The Morgan fingerprint density at radius 2 is 2.24 bits per heavy atom. The van der Waals surface area contributed by atoms with Crippen molar-refractivity contribution < 1.29 is 0 Å². The molecule has 1 saturated carbocycles. The first kappa shape index (κ1) is 15.3. The normalized spacial score (nSPS) is 15.4. The standard InChI is InChI=1S/C15H24N4S2/c1-3-18(4-2)7-9-20-14-13(11-16-12-5-6-12)19-8-10-21-15(19)17-14/h8,10,12,16H,3-7,9,11H2,1-2H3. The molecule has 6 heteroatoms. The maximum atomic E-state index is 4.81. The maximum absolute atomic E-state index is 4.81. The highest BCUT2D eigenvalue weighted by Gasteiger charge is 2.22. The summed E-state index contributed by atoms with van der Waals surface area (Å²) in [7, 11) is 0. The number of rotatable bonds is 9. The van der Waals surface area contributed by atoms with Crippen LogP contribution in [-0.2, 0) is 6.54 Å². The highest BCUT2D eigenvalue weighted by molar-refractivity contribution is 7.99. The van der Waals surface area contributed by atoms with E-state index in [1.807, 2.05) is 11.8 Å². The first-order valence-electron chi connectivity index (χ1n) is 7.84. The van der Waals surface area contributed by atoms with Crippen LogP contribution in [0.1, 0.15) is 32.4 Å². The molecule has 1 aliphatic rings. The molecule has 4 nitrogen and oxygen atoms in total. The van der Waals surface area contributed by atoms with Crippen molar-refractivity contribution in [3.8, 4) is 0 Å². The summed E-state index contributed by atoms with van der Waals surface area (Å²) in [6, 6.07) is 0.739. The number of nitrogens with zero attached hydrogens (tertiary/aromatic N) is 3. The zero-order valence-corrected chi connectivity index (χ0v) is 14.5. The maximum Gasteiger partial charge on any atom is 0.194 e. The van der Waals surface area contributed by atoms with Gasteiger partial charge in [-0.1, -0.05) is 13.8 Å². The van der Waals surface area contributed by atoms with E-state index in [0.717, 1.165) is 42.9 Å². The summed E-state index contributed by atoms with van der Waals surface area (Å²) in [5, 5.41) is 6.95. The molecule has 0 spiro atoms. The largest absolute Gasteiger partial charge is 0.308 e. The average Bonchev–Trinajstić information content (AvgIpc) is 3.11. The molecule has 1 aliphatic carbocycles. The van der Waals surface area contributed by atoms with Gasteiger partial charge in [-0.2, -0.15) is 0 Å². The fraction of sp³-hybridized carbons (Fsp3) is 0.667. The van der Waals surface area contributed by atoms with Crippen LogP contribution in [0, 0.1) is 0 Å². The molecule has 116 valence electrons. The quantitative estimate of drug-likeness (QED) is 0.719. The van der Waals surface area contributed by atoms with Gasteiger partial charge in [0.25, 0.3) is 0 Å². The van der Waals surface area contributed by atoms with Gasteiger partial charge >= 0.3 is 0 Å². The minimum Gasteiger partial charge on any atom is -0.308 e. The van der Waals surface area contributed by atoms with E-state index in [2.05, 4.69) is 40.0 Å². The van der Waals surface area contributed by atoms with E-state index in [1.165, 1.54) is 23.6 Å². The number of fused-ring (bicyclic) bond motifs is 1. The molecule has 2 aromatic heterocycles. The molecule has 0 amide bonds. The third-order valence-corrected chi connectivity index (χ3v) is 5.74. The molecule has 3 rings (SSSR count). The number of thioether (sulfide) groups is 1. The summed E-state index contributed by atoms with van der Waals surface area (Å²) in [4.78, 5) is 8.39. The van der Waals surface area contributed by atoms with E-state index < -0.39 is 0 Å². The second-order valence-corrected chi connectivity index (χ2v) is 7.41. The number of thiazole rings is 1. The predicted octanol–water partition coefficient (Wildman–Crippen LogP) is 3.08. The number of hydrogen-bond donors (Lipinski definition) is 1. The molecule has 0 atom stereocenters. The van der Waals surface area contributed by atoms with Crippen molar-refractivity contribution in [3.05, 3.63) is 17.3 Å². The molecule has 0 bridgehead atoms. The van der Waals surface area contributed by atoms with Crippen molar-refractivity contribution in [2.24, 2.45) is 0 Å². The van der Waals surface area contributed by atoms with Crippen LogP contribution in [-0.4, -0.2) is 45.7 Å². The molecule has 2 heterocycles. The summed E-state index contributed by atoms with van der Waals surface area (Å²) in [6.45, 7) is 8.79. The lowest BCUT2D eigenvalue weighted by molar-refractivity contribution is 0.324. The number of nitrogens with one attached hydrogen (secondary N) is 1. The van der Waals surface area contributed by atoms with E-state index >= 15 is 0 Å². The van der Waals surface area contributed by atoms with Crippen molar-refractivity contribution in [1.82, 2.24) is 19.6 Å². The fourth-order valence-electron chi connectivity index (χ4n) is 2.43. The van der Waals surface area contributed by atoms with Crippen LogP contribution < -0.4 is 5.32 Å². The molecule has 1 fully saturated rings. The third-order valence-electron chi connectivity index (χ3n) is 4.00. The van der Waals surface area contributed by atoms with Crippen LogP contribution in [0.25, 0.3) is 4.96 Å². The van der Waals surface area contributed by atoms with Gasteiger partial charge in [-0.05, 0) is 25.9 Å². The first-order chi connectivity index (χ1) is 10.3. The first-order valence-corrected chi connectivity index (χ1v) is 9.71. The van der Waals surface area contributed by atoms with Crippen LogP contribution in [0.4, 0.5) is 0 Å². The second-order valence-electron chi connectivity index (χ2n) is 5.45. The monoisotopic (exact) mass is 324 g/mol.